The van der Waals surface area contributed by atoms with Gasteiger partial charge in [-0.15, -0.1) is 11.6 Å². The predicted octanol–water partition coefficient (Wildman–Crippen LogP) is 0.975. The van der Waals surface area contributed by atoms with Gasteiger partial charge in [-0.2, -0.15) is 0 Å². The minimum atomic E-state index is -0.682. The number of rotatable bonds is 2. The summed E-state index contributed by atoms with van der Waals surface area (Å²) in [4.78, 5) is 9.85. The summed E-state index contributed by atoms with van der Waals surface area (Å²) in [5.74, 6) is -0.937. The zero-order valence-corrected chi connectivity index (χ0v) is 4.91. The van der Waals surface area contributed by atoms with Crippen molar-refractivity contribution in [2.75, 3.05) is 5.88 Å². The van der Waals surface area contributed by atoms with Crippen LogP contribution >= 0.6 is 20.3 Å². The fourth-order valence-electron chi connectivity index (χ4n) is 0.0660. The average molecular weight is 140 g/mol. The highest BCUT2D eigenvalue weighted by Crippen LogP contribution is 1.94. The van der Waals surface area contributed by atoms with Gasteiger partial charge < -0.3 is 4.52 Å². The Labute approximate surface area is 46.9 Å². The van der Waals surface area contributed by atoms with Crippen LogP contribution < -0.4 is 0 Å². The Bertz CT molecular complexity index is 83.0. The van der Waals surface area contributed by atoms with Crippen LogP contribution in [0.25, 0.3) is 0 Å². The molecule has 0 aliphatic rings. The minimum absolute atomic E-state index is 0.255. The molecule has 0 saturated carbocycles. The smallest absolute Gasteiger partial charge is 0.372 e. The Balaban J connectivity index is 3.17. The topological polar surface area (TPSA) is 43.4 Å². The van der Waals surface area contributed by atoms with Gasteiger partial charge in [0.05, 0.1) is 0 Å². The van der Waals surface area contributed by atoms with Crippen LogP contribution in [0.1, 0.15) is 0 Å². The lowest BCUT2D eigenvalue weighted by Crippen LogP contribution is -1.95. The summed E-state index contributed by atoms with van der Waals surface area (Å²) in [5, 5.41) is 0. The lowest BCUT2D eigenvalue weighted by atomic mass is 10.8. The number of carbonyl (C=O) groups excluding carboxylic acids is 1. The van der Waals surface area contributed by atoms with Gasteiger partial charge in [0.15, 0.2) is 0 Å². The van der Waals surface area contributed by atoms with Crippen molar-refractivity contribution >= 4 is 26.3 Å². The van der Waals surface area contributed by atoms with Crippen molar-refractivity contribution in [2.24, 2.45) is 0 Å². The lowest BCUT2D eigenvalue weighted by molar-refractivity contribution is -0.130. The molecule has 0 N–H and O–H groups in total. The van der Waals surface area contributed by atoms with Crippen LogP contribution in [0.3, 0.4) is 0 Å². The van der Waals surface area contributed by atoms with E-state index in [2.05, 4.69) is 4.52 Å². The molecular weight excluding hydrogens is 138 g/mol. The molecule has 0 amide bonds. The maximum atomic E-state index is 9.85. The molecule has 0 radical (unpaired) electrons. The molecule has 5 heteroatoms. The second-order valence-corrected chi connectivity index (χ2v) is 1.27. The molecule has 0 saturated heterocycles. The Hall–Kier alpha value is -0.140. The number of alkyl halides is 1. The Morgan fingerprint density at radius 3 is 2.57 bits per heavy atom. The Kier molecular flexibility index (Phi) is 3.95. The van der Waals surface area contributed by atoms with E-state index in [-0.39, 0.29) is 5.88 Å². The molecule has 0 fully saturated rings. The summed E-state index contributed by atoms with van der Waals surface area (Å²) >= 11 is 4.91. The fourth-order valence-corrected chi connectivity index (χ4v) is 0.344. The van der Waals surface area contributed by atoms with E-state index in [1.165, 1.54) is 0 Å². The number of halogens is 1. The lowest BCUT2D eigenvalue weighted by Gasteiger charge is -1.82. The number of hydrogen-bond acceptors (Lipinski definition) is 3. The van der Waals surface area contributed by atoms with Crippen LogP contribution in [-0.4, -0.2) is 11.8 Å². The van der Waals surface area contributed by atoms with Gasteiger partial charge in [-0.1, -0.05) is 0 Å². The largest absolute Gasteiger partial charge is 0.398 e. The predicted molar refractivity (Wildman–Crippen MR) is 24.4 cm³/mol. The molecule has 7 heavy (non-hydrogen) atoms. The Morgan fingerprint density at radius 2 is 2.43 bits per heavy atom. The van der Waals surface area contributed by atoms with Gasteiger partial charge in [-0.25, -0.2) is 4.57 Å². The minimum Gasteiger partial charge on any atom is -0.372 e. The van der Waals surface area contributed by atoms with Crippen molar-refractivity contribution in [3.63, 3.8) is 0 Å². The molecule has 0 atom stereocenters. The molecule has 0 aliphatic heterocycles. The molecule has 40 valence electrons. The second-order valence-electron chi connectivity index (χ2n) is 0.671. The van der Waals surface area contributed by atoms with Crippen molar-refractivity contribution in [1.82, 2.24) is 0 Å². The van der Waals surface area contributed by atoms with Crippen LogP contribution in [0.5, 0.6) is 0 Å². The summed E-state index contributed by atoms with van der Waals surface area (Å²) in [6, 6.07) is 0. The van der Waals surface area contributed by atoms with E-state index in [4.69, 9.17) is 11.6 Å². The molecule has 0 aromatic heterocycles. The van der Waals surface area contributed by atoms with Crippen molar-refractivity contribution in [2.45, 2.75) is 0 Å². The second kappa shape index (κ2) is 4.03. The van der Waals surface area contributed by atoms with Crippen LogP contribution in [0, 0.1) is 0 Å². The van der Waals surface area contributed by atoms with Gasteiger partial charge in [0.2, 0.25) is 0 Å². The maximum Gasteiger partial charge on any atom is 0.398 e. The van der Waals surface area contributed by atoms with Gasteiger partial charge >= 0.3 is 14.7 Å². The van der Waals surface area contributed by atoms with Crippen LogP contribution in [0.4, 0.5) is 0 Å². The van der Waals surface area contributed by atoms with Crippen molar-refractivity contribution < 1.29 is 13.9 Å². The summed E-state index contributed by atoms with van der Waals surface area (Å²) in [6.07, 6.45) is 0. The van der Waals surface area contributed by atoms with Crippen LogP contribution in [0.15, 0.2) is 0 Å². The molecular formula is C2H2ClO3P. The standard InChI is InChI=1S/C2H2ClO3P/c3-1-2(4)6-7-5/h1H2. The molecule has 0 aliphatic carbocycles. The first-order chi connectivity index (χ1) is 3.31. The van der Waals surface area contributed by atoms with Gasteiger partial charge in [0.25, 0.3) is 0 Å². The van der Waals surface area contributed by atoms with Gasteiger partial charge in [-0.05, 0) is 0 Å². The quantitative estimate of drug-likeness (QED) is 0.424. The molecule has 0 heterocycles. The van der Waals surface area contributed by atoms with Crippen molar-refractivity contribution in [1.29, 1.82) is 0 Å². The monoisotopic (exact) mass is 140 g/mol. The van der Waals surface area contributed by atoms with E-state index in [9.17, 15) is 9.36 Å². The van der Waals surface area contributed by atoms with Crippen molar-refractivity contribution in [3.8, 4) is 0 Å². The van der Waals surface area contributed by atoms with E-state index in [0.29, 0.717) is 0 Å². The van der Waals surface area contributed by atoms with E-state index in [0.717, 1.165) is 0 Å². The Morgan fingerprint density at radius 1 is 1.86 bits per heavy atom. The first kappa shape index (κ1) is 6.86. The third-order valence-electron chi connectivity index (χ3n) is 0.248. The highest BCUT2D eigenvalue weighted by molar-refractivity contribution is 7.18. The van der Waals surface area contributed by atoms with E-state index in [1.807, 2.05) is 0 Å². The summed E-state index contributed by atoms with van der Waals surface area (Å²) in [5.41, 5.74) is 0. The van der Waals surface area contributed by atoms with E-state index < -0.39 is 14.7 Å². The molecule has 0 aromatic rings. The third-order valence-corrected chi connectivity index (χ3v) is 0.745. The normalized spacial score (nSPS) is 8.71. The van der Waals surface area contributed by atoms with E-state index in [1.54, 1.807) is 0 Å². The van der Waals surface area contributed by atoms with Gasteiger partial charge in [0, 0.05) is 0 Å². The average Bonchev–Trinajstić information content (AvgIpc) is 1.68. The number of carbonyl (C=O) groups is 1. The SMILES string of the molecule is O=POC(=O)CCl. The number of hydrogen-bond donors (Lipinski definition) is 0. The maximum absolute atomic E-state index is 9.85. The first-order valence-corrected chi connectivity index (χ1v) is 2.66. The summed E-state index contributed by atoms with van der Waals surface area (Å²) in [6.45, 7) is 0. The molecule has 0 spiro atoms. The van der Waals surface area contributed by atoms with Crippen LogP contribution in [0.2, 0.25) is 0 Å². The van der Waals surface area contributed by atoms with Gasteiger partial charge in [-0.3, -0.25) is 4.79 Å². The molecule has 3 nitrogen and oxygen atoms in total. The molecule has 0 aromatic carbocycles. The fraction of sp³-hybridized carbons (Fsp3) is 0.500. The first-order valence-electron chi connectivity index (χ1n) is 1.39. The molecule has 0 unspecified atom stereocenters. The zero-order valence-electron chi connectivity index (χ0n) is 3.26. The third kappa shape index (κ3) is 3.70. The molecule has 0 bridgehead atoms. The highest BCUT2D eigenvalue weighted by Gasteiger charge is 1.95. The molecule has 0 rings (SSSR count). The highest BCUT2D eigenvalue weighted by atomic mass is 35.5. The van der Waals surface area contributed by atoms with Crippen molar-refractivity contribution in [3.05, 3.63) is 0 Å². The zero-order chi connectivity index (χ0) is 5.70. The van der Waals surface area contributed by atoms with E-state index >= 15 is 0 Å². The summed E-state index contributed by atoms with van der Waals surface area (Å²) < 4.78 is 13.2. The summed E-state index contributed by atoms with van der Waals surface area (Å²) in [7, 11) is -0.644. The van der Waals surface area contributed by atoms with Crippen LogP contribution in [-0.2, 0) is 13.9 Å². The van der Waals surface area contributed by atoms with Gasteiger partial charge in [0.1, 0.15) is 5.88 Å².